The maximum Gasteiger partial charge on any atom is 0.264 e. The molecule has 3 aromatic carbocycles. The molecule has 0 aliphatic carbocycles. The highest BCUT2D eigenvalue weighted by Crippen LogP contribution is 2.36. The van der Waals surface area contributed by atoms with Gasteiger partial charge in [-0.25, -0.2) is 16.8 Å². The van der Waals surface area contributed by atoms with Crippen molar-refractivity contribution in [1.82, 2.24) is 0 Å². The van der Waals surface area contributed by atoms with Crippen molar-refractivity contribution in [2.45, 2.75) is 17.7 Å². The third-order valence-electron chi connectivity index (χ3n) is 6.19. The molecular weight excluding hydrogens is 510 g/mol. The summed E-state index contributed by atoms with van der Waals surface area (Å²) in [5.41, 5.74) is 3.63. The number of rotatable bonds is 5. The fourth-order valence-corrected chi connectivity index (χ4v) is 7.05. The molecule has 1 N–H and O–H groups in total. The first-order valence-electron chi connectivity index (χ1n) is 10.9. The van der Waals surface area contributed by atoms with Crippen LogP contribution < -0.4 is 13.9 Å². The SMILES string of the molecule is CS(=O)(=O)N1CCc2cc(C(=O)Nc3ccc4c(c3)N(S(=O)(=O)c3ccc(Cl)cc3)CC4)ccc21. The van der Waals surface area contributed by atoms with Crippen LogP contribution in [0.2, 0.25) is 5.02 Å². The summed E-state index contributed by atoms with van der Waals surface area (Å²) in [4.78, 5) is 13.1. The highest BCUT2D eigenvalue weighted by Gasteiger charge is 2.31. The van der Waals surface area contributed by atoms with Gasteiger partial charge >= 0.3 is 0 Å². The Bertz CT molecular complexity index is 1550. The molecule has 0 aromatic heterocycles. The minimum atomic E-state index is -3.78. The Hall–Kier alpha value is -3.08. The summed E-state index contributed by atoms with van der Waals surface area (Å²) in [5.74, 6) is -0.365. The minimum Gasteiger partial charge on any atom is -0.322 e. The second-order valence-electron chi connectivity index (χ2n) is 8.51. The monoisotopic (exact) mass is 531 g/mol. The Kier molecular flexibility index (Phi) is 5.77. The Morgan fingerprint density at radius 1 is 0.829 bits per heavy atom. The maximum absolute atomic E-state index is 13.2. The van der Waals surface area contributed by atoms with Crippen LogP contribution in [0.15, 0.2) is 65.6 Å². The summed E-state index contributed by atoms with van der Waals surface area (Å²) in [5, 5.41) is 3.28. The fourth-order valence-electron chi connectivity index (χ4n) is 4.47. The van der Waals surface area contributed by atoms with Crippen molar-refractivity contribution in [3.8, 4) is 0 Å². The predicted octanol–water partition coefficient (Wildman–Crippen LogP) is 3.67. The lowest BCUT2D eigenvalue weighted by molar-refractivity contribution is 0.102. The van der Waals surface area contributed by atoms with Crippen molar-refractivity contribution >= 4 is 54.6 Å². The molecule has 0 spiro atoms. The second-order valence-corrected chi connectivity index (χ2v) is 12.7. The molecule has 0 radical (unpaired) electrons. The van der Waals surface area contributed by atoms with Gasteiger partial charge in [0, 0.05) is 29.4 Å². The van der Waals surface area contributed by atoms with Crippen molar-refractivity contribution in [1.29, 1.82) is 0 Å². The number of nitrogens with one attached hydrogen (secondary N) is 1. The third-order valence-corrected chi connectivity index (χ3v) is 9.45. The summed E-state index contributed by atoms with van der Waals surface area (Å²) in [6.45, 7) is 0.654. The zero-order valence-corrected chi connectivity index (χ0v) is 21.1. The average Bonchev–Trinajstić information content (AvgIpc) is 3.43. The van der Waals surface area contributed by atoms with Gasteiger partial charge in [-0.3, -0.25) is 13.4 Å². The van der Waals surface area contributed by atoms with Crippen molar-refractivity contribution < 1.29 is 21.6 Å². The van der Waals surface area contributed by atoms with Gasteiger partial charge in [0.1, 0.15) is 0 Å². The lowest BCUT2D eigenvalue weighted by atomic mass is 10.1. The van der Waals surface area contributed by atoms with E-state index in [0.717, 1.165) is 17.4 Å². The highest BCUT2D eigenvalue weighted by atomic mass is 35.5. The quantitative estimate of drug-likeness (QED) is 0.541. The number of benzene rings is 3. The largest absolute Gasteiger partial charge is 0.322 e. The van der Waals surface area contributed by atoms with E-state index in [9.17, 15) is 21.6 Å². The van der Waals surface area contributed by atoms with Crippen LogP contribution in [0.4, 0.5) is 17.1 Å². The molecule has 0 atom stereocenters. The number of sulfonamides is 2. The lowest BCUT2D eigenvalue weighted by Gasteiger charge is -2.20. The normalized spacial score (nSPS) is 15.1. The first-order chi connectivity index (χ1) is 16.5. The number of nitrogens with zero attached hydrogens (tertiary/aromatic N) is 2. The molecule has 0 bridgehead atoms. The lowest BCUT2D eigenvalue weighted by Crippen LogP contribution is -2.29. The number of hydrogen-bond donors (Lipinski definition) is 1. The molecule has 0 fully saturated rings. The first-order valence-corrected chi connectivity index (χ1v) is 14.5. The van der Waals surface area contributed by atoms with Gasteiger partial charge in [0.25, 0.3) is 15.9 Å². The van der Waals surface area contributed by atoms with Crippen LogP contribution in [0.5, 0.6) is 0 Å². The number of anilines is 3. The van der Waals surface area contributed by atoms with E-state index >= 15 is 0 Å². The predicted molar refractivity (Wildman–Crippen MR) is 136 cm³/mol. The number of fused-ring (bicyclic) bond motifs is 2. The van der Waals surface area contributed by atoms with Crippen LogP contribution in [0.3, 0.4) is 0 Å². The Labute approximate surface area is 209 Å². The molecule has 2 aliphatic rings. The molecule has 0 saturated carbocycles. The molecular formula is C24H22ClN3O5S2. The van der Waals surface area contributed by atoms with Gasteiger partial charge in [-0.1, -0.05) is 17.7 Å². The Balaban J connectivity index is 1.39. The topological polar surface area (TPSA) is 104 Å². The van der Waals surface area contributed by atoms with Gasteiger partial charge in [0.05, 0.1) is 22.5 Å². The Morgan fingerprint density at radius 3 is 2.23 bits per heavy atom. The molecule has 8 nitrogen and oxygen atoms in total. The van der Waals surface area contributed by atoms with Crippen LogP contribution in [-0.2, 0) is 32.9 Å². The minimum absolute atomic E-state index is 0.144. The number of halogens is 1. The Morgan fingerprint density at radius 2 is 1.51 bits per heavy atom. The fraction of sp³-hybridized carbons (Fsp3) is 0.208. The van der Waals surface area contributed by atoms with Crippen molar-refractivity contribution in [2.24, 2.45) is 0 Å². The zero-order valence-electron chi connectivity index (χ0n) is 18.7. The van der Waals surface area contributed by atoms with Gasteiger partial charge in [-0.15, -0.1) is 0 Å². The summed E-state index contributed by atoms with van der Waals surface area (Å²) < 4.78 is 53.0. The van der Waals surface area contributed by atoms with E-state index in [2.05, 4.69) is 5.32 Å². The van der Waals surface area contributed by atoms with E-state index in [1.807, 2.05) is 6.07 Å². The van der Waals surface area contributed by atoms with Gasteiger partial charge in [0.2, 0.25) is 10.0 Å². The second kappa shape index (κ2) is 8.54. The van der Waals surface area contributed by atoms with Gasteiger partial charge in [-0.2, -0.15) is 0 Å². The van der Waals surface area contributed by atoms with Gasteiger partial charge in [-0.05, 0) is 78.6 Å². The molecule has 2 heterocycles. The maximum atomic E-state index is 13.2. The van der Waals surface area contributed by atoms with E-state index in [-0.39, 0.29) is 10.8 Å². The van der Waals surface area contributed by atoms with E-state index in [0.29, 0.717) is 53.6 Å². The van der Waals surface area contributed by atoms with Crippen molar-refractivity contribution in [2.75, 3.05) is 33.3 Å². The number of carbonyl (C=O) groups is 1. The summed E-state index contributed by atoms with van der Waals surface area (Å²) >= 11 is 5.90. The van der Waals surface area contributed by atoms with Crippen LogP contribution in [0.25, 0.3) is 0 Å². The molecule has 0 saturated heterocycles. The van der Waals surface area contributed by atoms with E-state index in [1.54, 1.807) is 30.3 Å². The molecule has 0 unspecified atom stereocenters. The smallest absolute Gasteiger partial charge is 0.264 e. The molecule has 3 aromatic rings. The van der Waals surface area contributed by atoms with Crippen LogP contribution in [0, 0.1) is 0 Å². The molecule has 1 amide bonds. The van der Waals surface area contributed by atoms with Crippen LogP contribution >= 0.6 is 11.6 Å². The standard InChI is InChI=1S/C24H22ClN3O5S2/c1-34(30,31)27-12-11-17-14-18(3-9-22(17)27)24(29)26-20-6-2-16-10-13-28(23(16)15-20)35(32,33)21-7-4-19(25)5-8-21/h2-9,14-15H,10-13H2,1H3,(H,26,29). The number of amides is 1. The average molecular weight is 532 g/mol. The number of carbonyl (C=O) groups excluding carboxylic acids is 1. The van der Waals surface area contributed by atoms with Crippen LogP contribution in [-0.4, -0.2) is 42.1 Å². The van der Waals surface area contributed by atoms with E-state index in [1.165, 1.54) is 32.9 Å². The number of hydrogen-bond acceptors (Lipinski definition) is 5. The van der Waals surface area contributed by atoms with Gasteiger partial charge < -0.3 is 5.32 Å². The van der Waals surface area contributed by atoms with Crippen molar-refractivity contribution in [3.05, 3.63) is 82.4 Å². The summed E-state index contributed by atoms with van der Waals surface area (Å²) in [7, 11) is -7.15. The first kappa shape index (κ1) is 23.7. The van der Waals surface area contributed by atoms with E-state index < -0.39 is 20.0 Å². The van der Waals surface area contributed by atoms with E-state index in [4.69, 9.17) is 11.6 Å². The molecule has 2 aliphatic heterocycles. The molecule has 182 valence electrons. The molecule has 35 heavy (non-hydrogen) atoms. The van der Waals surface area contributed by atoms with Crippen LogP contribution in [0.1, 0.15) is 21.5 Å². The highest BCUT2D eigenvalue weighted by molar-refractivity contribution is 7.93. The molecule has 5 rings (SSSR count). The zero-order chi connectivity index (χ0) is 25.0. The summed E-state index contributed by atoms with van der Waals surface area (Å²) in [6, 6.07) is 16.2. The third kappa shape index (κ3) is 4.37. The summed E-state index contributed by atoms with van der Waals surface area (Å²) in [6.07, 6.45) is 2.25. The van der Waals surface area contributed by atoms with Gasteiger partial charge in [0.15, 0.2) is 0 Å². The van der Waals surface area contributed by atoms with Crippen molar-refractivity contribution in [3.63, 3.8) is 0 Å². The molecule has 11 heteroatoms.